The standard InChI is InChI=1S/C12H18N2O.C10H7ClN2O3/c1-4-6-11(5-2)12(15)14-9-7-13(3)8-10-14;1-16-7-3-13-10(11)9-8(7)5(2-12-9)6(15)4-14/h4-6H,1-2,7-10H2,3H3;2-4,12H,1H3/b11-6+;. The fraction of sp³-hybridized carbons (Fsp3) is 0.273. The number of aromatic amines is 1. The van der Waals surface area contributed by atoms with Crippen LogP contribution in [0.15, 0.2) is 49.4 Å². The Kier molecular flexibility index (Phi) is 8.72. The van der Waals surface area contributed by atoms with Crippen LogP contribution in [0.25, 0.3) is 10.9 Å². The average Bonchev–Trinajstić information content (AvgIpc) is 3.24. The second-order valence-corrected chi connectivity index (χ2v) is 7.07. The topological polar surface area (TPSA) is 95.6 Å². The first-order chi connectivity index (χ1) is 14.9. The molecule has 1 saturated heterocycles. The highest BCUT2D eigenvalue weighted by molar-refractivity contribution is 6.39. The number of nitrogens with one attached hydrogen (secondary N) is 1. The van der Waals surface area contributed by atoms with Crippen LogP contribution in [0.5, 0.6) is 5.75 Å². The zero-order chi connectivity index (χ0) is 23.0. The van der Waals surface area contributed by atoms with Gasteiger partial charge in [-0.25, -0.2) is 4.98 Å². The molecule has 3 rings (SSSR count). The predicted molar refractivity (Wildman–Crippen MR) is 121 cm³/mol. The van der Waals surface area contributed by atoms with Crippen LogP contribution in [0.2, 0.25) is 5.15 Å². The maximum atomic E-state index is 11.9. The molecule has 0 aliphatic carbocycles. The van der Waals surface area contributed by atoms with Gasteiger partial charge in [-0.15, -0.1) is 0 Å². The molecule has 2 aromatic heterocycles. The number of halogens is 1. The minimum atomic E-state index is -0.633. The fourth-order valence-corrected chi connectivity index (χ4v) is 3.24. The lowest BCUT2D eigenvalue weighted by molar-refractivity contribution is -0.128. The lowest BCUT2D eigenvalue weighted by Gasteiger charge is -2.32. The van der Waals surface area contributed by atoms with Crippen molar-refractivity contribution in [3.63, 3.8) is 0 Å². The van der Waals surface area contributed by atoms with Crippen LogP contribution in [0, 0.1) is 0 Å². The Morgan fingerprint density at radius 1 is 1.26 bits per heavy atom. The van der Waals surface area contributed by atoms with Crippen LogP contribution in [0.3, 0.4) is 0 Å². The molecule has 164 valence electrons. The monoisotopic (exact) mass is 444 g/mol. The number of nitrogens with zero attached hydrogens (tertiary/aromatic N) is 3. The number of ketones is 1. The molecule has 31 heavy (non-hydrogen) atoms. The van der Waals surface area contributed by atoms with Gasteiger partial charge in [0.05, 0.1) is 29.8 Å². The molecule has 0 spiro atoms. The van der Waals surface area contributed by atoms with Gasteiger partial charge < -0.3 is 19.5 Å². The third-order valence-electron chi connectivity index (χ3n) is 4.78. The molecule has 3 heterocycles. The first-order valence-corrected chi connectivity index (χ1v) is 9.87. The zero-order valence-corrected chi connectivity index (χ0v) is 18.3. The van der Waals surface area contributed by atoms with E-state index in [4.69, 9.17) is 16.3 Å². The van der Waals surface area contributed by atoms with Crippen molar-refractivity contribution in [2.45, 2.75) is 0 Å². The molecule has 1 fully saturated rings. The van der Waals surface area contributed by atoms with Gasteiger partial charge in [-0.2, -0.15) is 0 Å². The summed E-state index contributed by atoms with van der Waals surface area (Å²) in [6, 6.07) is 0. The summed E-state index contributed by atoms with van der Waals surface area (Å²) in [5.74, 6) is -0.185. The van der Waals surface area contributed by atoms with E-state index in [0.29, 0.717) is 22.2 Å². The Balaban J connectivity index is 0.000000221. The Morgan fingerprint density at radius 2 is 1.94 bits per heavy atom. The minimum Gasteiger partial charge on any atom is -0.494 e. The van der Waals surface area contributed by atoms with Gasteiger partial charge in [-0.1, -0.05) is 43.0 Å². The largest absolute Gasteiger partial charge is 0.494 e. The highest BCUT2D eigenvalue weighted by atomic mass is 35.5. The van der Waals surface area contributed by atoms with Gasteiger partial charge in [0.25, 0.3) is 5.91 Å². The number of carbonyl (C=O) groups excluding carboxylic acids is 3. The van der Waals surface area contributed by atoms with Crippen molar-refractivity contribution in [2.24, 2.45) is 0 Å². The summed E-state index contributed by atoms with van der Waals surface area (Å²) in [4.78, 5) is 44.5. The number of likely N-dealkylation sites (N-methyl/N-ethyl adjacent to an activating group) is 1. The number of hydrogen-bond acceptors (Lipinski definition) is 6. The summed E-state index contributed by atoms with van der Waals surface area (Å²) in [5.41, 5.74) is 1.33. The quantitative estimate of drug-likeness (QED) is 0.184. The third kappa shape index (κ3) is 5.68. The lowest BCUT2D eigenvalue weighted by Crippen LogP contribution is -2.47. The van der Waals surface area contributed by atoms with Crippen LogP contribution in [0.4, 0.5) is 0 Å². The lowest BCUT2D eigenvalue weighted by atomic mass is 10.1. The molecule has 8 nitrogen and oxygen atoms in total. The van der Waals surface area contributed by atoms with Gasteiger partial charge in [0.15, 0.2) is 11.4 Å². The SMILES string of the molecule is C=C/C=C(\C=C)C(=O)N1CCN(C)CC1.COc1cnc(Cl)c2[nH]cc(C(=O)C=O)c12. The van der Waals surface area contributed by atoms with Crippen molar-refractivity contribution >= 4 is 40.5 Å². The number of H-pyrrole nitrogens is 1. The molecule has 2 aromatic rings. The molecule has 1 aliphatic rings. The first-order valence-electron chi connectivity index (χ1n) is 9.49. The molecular formula is C22H25ClN4O4. The van der Waals surface area contributed by atoms with Crippen LogP contribution in [-0.4, -0.2) is 78.1 Å². The molecule has 1 aliphatic heterocycles. The summed E-state index contributed by atoms with van der Waals surface area (Å²) in [7, 11) is 3.52. The molecule has 0 unspecified atom stereocenters. The maximum absolute atomic E-state index is 11.9. The number of amides is 1. The van der Waals surface area contributed by atoms with E-state index in [1.54, 1.807) is 18.2 Å². The third-order valence-corrected chi connectivity index (χ3v) is 5.06. The summed E-state index contributed by atoms with van der Waals surface area (Å²) < 4.78 is 5.07. The highest BCUT2D eigenvalue weighted by Gasteiger charge is 2.20. The number of ether oxygens (including phenoxy) is 1. The van der Waals surface area contributed by atoms with Crippen LogP contribution in [0.1, 0.15) is 10.4 Å². The Hall–Kier alpha value is -3.23. The molecule has 1 N–H and O–H groups in total. The van der Waals surface area contributed by atoms with E-state index < -0.39 is 5.78 Å². The van der Waals surface area contributed by atoms with E-state index in [0.717, 1.165) is 26.2 Å². The smallest absolute Gasteiger partial charge is 0.253 e. The summed E-state index contributed by atoms with van der Waals surface area (Å²) >= 11 is 5.85. The van der Waals surface area contributed by atoms with Gasteiger partial charge in [0.2, 0.25) is 5.78 Å². The fourth-order valence-electron chi connectivity index (χ4n) is 3.04. The average molecular weight is 445 g/mol. The van der Waals surface area contributed by atoms with Crippen molar-refractivity contribution < 1.29 is 19.1 Å². The van der Waals surface area contributed by atoms with Gasteiger partial charge in [-0.3, -0.25) is 14.4 Å². The zero-order valence-electron chi connectivity index (χ0n) is 17.6. The Bertz CT molecular complexity index is 1020. The van der Waals surface area contributed by atoms with E-state index in [9.17, 15) is 14.4 Å². The number of rotatable bonds is 6. The van der Waals surface area contributed by atoms with Crippen molar-refractivity contribution in [1.29, 1.82) is 0 Å². The second-order valence-electron chi connectivity index (χ2n) is 6.71. The summed E-state index contributed by atoms with van der Waals surface area (Å²) in [5, 5.41) is 0.695. The normalized spacial score (nSPS) is 14.4. The van der Waals surface area contributed by atoms with Crippen molar-refractivity contribution in [2.75, 3.05) is 40.3 Å². The number of hydrogen-bond donors (Lipinski definition) is 1. The van der Waals surface area contributed by atoms with Gasteiger partial charge in [0, 0.05) is 37.9 Å². The number of allylic oxidation sites excluding steroid dienone is 2. The van der Waals surface area contributed by atoms with E-state index in [2.05, 4.69) is 35.1 Å². The van der Waals surface area contributed by atoms with E-state index in [-0.39, 0.29) is 22.9 Å². The van der Waals surface area contributed by atoms with Crippen molar-refractivity contribution in [3.8, 4) is 5.75 Å². The van der Waals surface area contributed by atoms with E-state index in [1.807, 2.05) is 4.90 Å². The van der Waals surface area contributed by atoms with E-state index >= 15 is 0 Å². The molecule has 0 saturated carbocycles. The number of methoxy groups -OCH3 is 1. The van der Waals surface area contributed by atoms with Crippen molar-refractivity contribution in [3.05, 3.63) is 60.1 Å². The molecule has 0 bridgehead atoms. The van der Waals surface area contributed by atoms with Gasteiger partial charge in [0.1, 0.15) is 5.75 Å². The van der Waals surface area contributed by atoms with Crippen molar-refractivity contribution in [1.82, 2.24) is 19.8 Å². The Labute approximate surface area is 185 Å². The molecule has 1 amide bonds. The second kappa shape index (κ2) is 11.2. The van der Waals surface area contributed by atoms with Crippen LogP contribution >= 0.6 is 11.6 Å². The first kappa shape index (κ1) is 24.0. The molecule has 0 radical (unpaired) electrons. The number of piperazine rings is 1. The molecular weight excluding hydrogens is 420 g/mol. The Morgan fingerprint density at radius 3 is 2.48 bits per heavy atom. The van der Waals surface area contributed by atoms with Crippen LogP contribution in [-0.2, 0) is 9.59 Å². The van der Waals surface area contributed by atoms with Gasteiger partial charge >= 0.3 is 0 Å². The predicted octanol–water partition coefficient (Wildman–Crippen LogP) is 2.67. The highest BCUT2D eigenvalue weighted by Crippen LogP contribution is 2.31. The summed E-state index contributed by atoms with van der Waals surface area (Å²) in [6.07, 6.45) is 7.97. The number of carbonyl (C=O) groups is 3. The maximum Gasteiger partial charge on any atom is 0.253 e. The van der Waals surface area contributed by atoms with E-state index in [1.165, 1.54) is 19.5 Å². The number of fused-ring (bicyclic) bond motifs is 1. The minimum absolute atomic E-state index is 0.0537. The van der Waals surface area contributed by atoms with Crippen LogP contribution < -0.4 is 4.74 Å². The number of aromatic nitrogens is 2. The number of pyridine rings is 1. The summed E-state index contributed by atoms with van der Waals surface area (Å²) in [6.45, 7) is 10.7. The number of aldehydes is 1. The van der Waals surface area contributed by atoms with Gasteiger partial charge in [-0.05, 0) is 7.05 Å². The molecule has 0 atom stereocenters. The molecule has 9 heteroatoms. The number of Topliss-reactive ketones (excluding diaryl/α,β-unsaturated/α-hetero) is 1. The molecule has 0 aromatic carbocycles.